The van der Waals surface area contributed by atoms with Gasteiger partial charge >= 0.3 is 0 Å². The number of pyridine rings is 1. The molecule has 0 spiro atoms. The lowest BCUT2D eigenvalue weighted by Crippen LogP contribution is -2.34. The van der Waals surface area contributed by atoms with E-state index in [1.54, 1.807) is 24.5 Å². The summed E-state index contributed by atoms with van der Waals surface area (Å²) in [5.74, 6) is -0.106. The van der Waals surface area contributed by atoms with Crippen LogP contribution in [0.4, 0.5) is 0 Å². The Morgan fingerprint density at radius 1 is 1.17 bits per heavy atom. The van der Waals surface area contributed by atoms with Crippen LogP contribution in [0.1, 0.15) is 23.7 Å². The van der Waals surface area contributed by atoms with Crippen molar-refractivity contribution >= 4 is 26.6 Å². The SMILES string of the molecule is CC(=O)c1ccc(S(=O)(=O)N2CCCNCC2)c2ccncc12. The number of fused-ring (bicyclic) bond motifs is 1. The quantitative estimate of drug-likeness (QED) is 0.860. The number of benzene rings is 1. The molecule has 0 aliphatic carbocycles. The smallest absolute Gasteiger partial charge is 0.243 e. The molecule has 0 saturated carbocycles. The molecule has 1 fully saturated rings. The highest BCUT2D eigenvalue weighted by Crippen LogP contribution is 2.28. The molecule has 0 radical (unpaired) electrons. The molecule has 0 unspecified atom stereocenters. The summed E-state index contributed by atoms with van der Waals surface area (Å²) in [4.78, 5) is 16.0. The molecule has 23 heavy (non-hydrogen) atoms. The van der Waals surface area contributed by atoms with Crippen LogP contribution in [0.25, 0.3) is 10.8 Å². The number of nitrogens with zero attached hydrogens (tertiary/aromatic N) is 2. The zero-order valence-electron chi connectivity index (χ0n) is 12.9. The standard InChI is InChI=1S/C16H19N3O3S/c1-12(20)13-3-4-16(14-5-7-18-11-15(13)14)23(21,22)19-9-2-6-17-8-10-19/h3-5,7,11,17H,2,6,8-10H2,1H3. The Hall–Kier alpha value is -1.83. The van der Waals surface area contributed by atoms with Crippen LogP contribution < -0.4 is 5.32 Å². The van der Waals surface area contributed by atoms with Gasteiger partial charge in [-0.25, -0.2) is 8.42 Å². The van der Waals surface area contributed by atoms with E-state index in [1.807, 2.05) is 0 Å². The van der Waals surface area contributed by atoms with Crippen molar-refractivity contribution in [1.82, 2.24) is 14.6 Å². The minimum Gasteiger partial charge on any atom is -0.315 e. The van der Waals surface area contributed by atoms with Crippen molar-refractivity contribution < 1.29 is 13.2 Å². The Balaban J connectivity index is 2.16. The van der Waals surface area contributed by atoms with E-state index in [1.165, 1.54) is 17.3 Å². The lowest BCUT2D eigenvalue weighted by Gasteiger charge is -2.21. The molecule has 0 amide bonds. The number of hydrogen-bond donors (Lipinski definition) is 1. The minimum absolute atomic E-state index is 0.106. The molecule has 1 aliphatic heterocycles. The highest BCUT2D eigenvalue weighted by atomic mass is 32.2. The Labute approximate surface area is 135 Å². The fraction of sp³-hybridized carbons (Fsp3) is 0.375. The average Bonchev–Trinajstić information content (AvgIpc) is 2.83. The first-order valence-corrected chi connectivity index (χ1v) is 9.04. The van der Waals surface area contributed by atoms with Gasteiger partial charge in [-0.05, 0) is 38.1 Å². The van der Waals surface area contributed by atoms with Gasteiger partial charge in [-0.1, -0.05) is 0 Å². The van der Waals surface area contributed by atoms with Crippen molar-refractivity contribution in [2.75, 3.05) is 26.2 Å². The predicted octanol–water partition coefficient (Wildman–Crippen LogP) is 1.42. The van der Waals surface area contributed by atoms with Crippen molar-refractivity contribution in [2.24, 2.45) is 0 Å². The molecule has 1 N–H and O–H groups in total. The largest absolute Gasteiger partial charge is 0.315 e. The van der Waals surface area contributed by atoms with Crippen LogP contribution >= 0.6 is 0 Å². The van der Waals surface area contributed by atoms with Crippen LogP contribution in [0.2, 0.25) is 0 Å². The first-order chi connectivity index (χ1) is 11.0. The lowest BCUT2D eigenvalue weighted by molar-refractivity contribution is 0.101. The van der Waals surface area contributed by atoms with Crippen LogP contribution in [-0.2, 0) is 10.0 Å². The Bertz CT molecular complexity index is 841. The molecule has 6 nitrogen and oxygen atoms in total. The maximum absolute atomic E-state index is 13.0. The van der Waals surface area contributed by atoms with Crippen LogP contribution in [-0.4, -0.2) is 49.7 Å². The number of rotatable bonds is 3. The first-order valence-electron chi connectivity index (χ1n) is 7.60. The minimum atomic E-state index is -3.60. The maximum Gasteiger partial charge on any atom is 0.243 e. The summed E-state index contributed by atoms with van der Waals surface area (Å²) in [5, 5.41) is 4.33. The summed E-state index contributed by atoms with van der Waals surface area (Å²) in [5.41, 5.74) is 0.490. The van der Waals surface area contributed by atoms with Crippen molar-refractivity contribution in [3.63, 3.8) is 0 Å². The molecule has 1 saturated heterocycles. The summed E-state index contributed by atoms with van der Waals surface area (Å²) in [6, 6.07) is 4.77. The number of carbonyl (C=O) groups excluding carboxylic acids is 1. The second kappa shape index (κ2) is 6.35. The van der Waals surface area contributed by atoms with Gasteiger partial charge in [0, 0.05) is 48.4 Å². The van der Waals surface area contributed by atoms with Gasteiger partial charge in [-0.15, -0.1) is 0 Å². The summed E-state index contributed by atoms with van der Waals surface area (Å²) in [7, 11) is -3.60. The van der Waals surface area contributed by atoms with Gasteiger partial charge in [0.25, 0.3) is 0 Å². The van der Waals surface area contributed by atoms with Crippen molar-refractivity contribution in [3.8, 4) is 0 Å². The van der Waals surface area contributed by atoms with Gasteiger partial charge in [0.2, 0.25) is 10.0 Å². The van der Waals surface area contributed by atoms with E-state index in [2.05, 4.69) is 10.3 Å². The number of nitrogens with one attached hydrogen (secondary N) is 1. The highest BCUT2D eigenvalue weighted by molar-refractivity contribution is 7.89. The van der Waals surface area contributed by atoms with Gasteiger partial charge < -0.3 is 5.32 Å². The first kappa shape index (κ1) is 16.0. The summed E-state index contributed by atoms with van der Waals surface area (Å²) in [6.45, 7) is 3.88. The van der Waals surface area contributed by atoms with Crippen LogP contribution in [0, 0.1) is 0 Å². The predicted molar refractivity (Wildman–Crippen MR) is 88.0 cm³/mol. The van der Waals surface area contributed by atoms with Gasteiger partial charge in [0.15, 0.2) is 5.78 Å². The summed E-state index contributed by atoms with van der Waals surface area (Å²) < 4.78 is 27.6. The van der Waals surface area contributed by atoms with E-state index in [-0.39, 0.29) is 10.7 Å². The Kier molecular flexibility index (Phi) is 4.43. The van der Waals surface area contributed by atoms with E-state index in [0.29, 0.717) is 36.0 Å². The number of aromatic nitrogens is 1. The van der Waals surface area contributed by atoms with Gasteiger partial charge in [-0.3, -0.25) is 9.78 Å². The third-order valence-corrected chi connectivity index (χ3v) is 6.03. The topological polar surface area (TPSA) is 79.4 Å². The maximum atomic E-state index is 13.0. The van der Waals surface area contributed by atoms with Crippen LogP contribution in [0.3, 0.4) is 0 Å². The summed E-state index contributed by atoms with van der Waals surface area (Å²) >= 11 is 0. The molecule has 3 rings (SSSR count). The molecule has 1 aromatic carbocycles. The lowest BCUT2D eigenvalue weighted by atomic mass is 10.0. The molecule has 2 aromatic rings. The zero-order valence-corrected chi connectivity index (χ0v) is 13.8. The number of Topliss-reactive ketones (excluding diaryl/α,β-unsaturated/α-hetero) is 1. The third kappa shape index (κ3) is 2.99. The molecule has 0 atom stereocenters. The normalized spacial score (nSPS) is 17.1. The van der Waals surface area contributed by atoms with Crippen molar-refractivity contribution in [3.05, 3.63) is 36.2 Å². The fourth-order valence-corrected chi connectivity index (χ4v) is 4.57. The number of hydrogen-bond acceptors (Lipinski definition) is 5. The van der Waals surface area contributed by atoms with Crippen LogP contribution in [0.15, 0.2) is 35.5 Å². The molecular weight excluding hydrogens is 314 g/mol. The van der Waals surface area contributed by atoms with E-state index in [4.69, 9.17) is 0 Å². The fourth-order valence-electron chi connectivity index (χ4n) is 2.89. The molecule has 122 valence electrons. The molecule has 7 heteroatoms. The second-order valence-corrected chi connectivity index (χ2v) is 7.50. The Morgan fingerprint density at radius 2 is 2.00 bits per heavy atom. The molecule has 1 aliphatic rings. The van der Waals surface area contributed by atoms with E-state index < -0.39 is 10.0 Å². The molecular formula is C16H19N3O3S. The van der Waals surface area contributed by atoms with Gasteiger partial charge in [0.05, 0.1) is 4.90 Å². The van der Waals surface area contributed by atoms with Crippen LogP contribution in [0.5, 0.6) is 0 Å². The molecule has 1 aromatic heterocycles. The number of ketones is 1. The van der Waals surface area contributed by atoms with E-state index >= 15 is 0 Å². The average molecular weight is 333 g/mol. The van der Waals surface area contributed by atoms with Crippen molar-refractivity contribution in [2.45, 2.75) is 18.2 Å². The highest BCUT2D eigenvalue weighted by Gasteiger charge is 2.27. The van der Waals surface area contributed by atoms with Gasteiger partial charge in [0.1, 0.15) is 0 Å². The van der Waals surface area contributed by atoms with E-state index in [0.717, 1.165) is 13.0 Å². The zero-order chi connectivity index (χ0) is 16.4. The van der Waals surface area contributed by atoms with Crippen molar-refractivity contribution in [1.29, 1.82) is 0 Å². The third-order valence-electron chi connectivity index (χ3n) is 4.07. The number of sulfonamides is 1. The molecule has 2 heterocycles. The monoisotopic (exact) mass is 333 g/mol. The Morgan fingerprint density at radius 3 is 2.78 bits per heavy atom. The number of carbonyl (C=O) groups is 1. The summed E-state index contributed by atoms with van der Waals surface area (Å²) in [6.07, 6.45) is 3.88. The van der Waals surface area contributed by atoms with Gasteiger partial charge in [-0.2, -0.15) is 4.31 Å². The molecule has 0 bridgehead atoms. The van der Waals surface area contributed by atoms with E-state index in [9.17, 15) is 13.2 Å². The second-order valence-electron chi connectivity index (χ2n) is 5.60.